The van der Waals surface area contributed by atoms with Crippen molar-refractivity contribution >= 4 is 71.0 Å². The minimum Gasteiger partial charge on any atom is -0.480 e. The van der Waals surface area contributed by atoms with Crippen molar-refractivity contribution in [3.05, 3.63) is 83.2 Å². The normalized spacial score (nSPS) is 15.6. The lowest BCUT2D eigenvalue weighted by atomic mass is 9.81. The molecule has 3 aromatic rings. The zero-order chi connectivity index (χ0) is 63.1. The highest BCUT2D eigenvalue weighted by molar-refractivity contribution is 8.00. The molecule has 4 rings (SSSR count). The van der Waals surface area contributed by atoms with Crippen molar-refractivity contribution in [1.29, 1.82) is 0 Å². The minimum atomic E-state index is -1.41. The number of nitrogens with one attached hydrogen (secondary N) is 4. The number of halogens is 2. The van der Waals surface area contributed by atoms with E-state index in [1.54, 1.807) is 20.0 Å². The number of aliphatic hydroxyl groups is 1. The van der Waals surface area contributed by atoms with Gasteiger partial charge in [0.15, 0.2) is 5.78 Å². The van der Waals surface area contributed by atoms with Crippen LogP contribution in [-0.4, -0.2) is 162 Å². The largest absolute Gasteiger partial charge is 0.480 e. The highest BCUT2D eigenvalue weighted by atomic mass is 32.2. The summed E-state index contributed by atoms with van der Waals surface area (Å²) >= 11 is 1.02. The van der Waals surface area contributed by atoms with Gasteiger partial charge in [0.05, 0.1) is 29.1 Å². The lowest BCUT2D eigenvalue weighted by Crippen LogP contribution is -2.48. The number of nitrogens with two attached hydrogens (primary N) is 3. The summed E-state index contributed by atoms with van der Waals surface area (Å²) in [5.74, 6) is -9.31. The molecule has 27 heteroatoms. The molecule has 24 nitrogen and oxygen atoms in total. The average Bonchev–Trinajstić information content (AvgIpc) is 2.23. The molecular weight excluding hydrogens is 1130 g/mol. The Balaban J connectivity index is 1.32. The fraction of sp³-hybridized carbons (Fsp3) is 0.569. The maximum absolute atomic E-state index is 15.2. The fourth-order valence-electron chi connectivity index (χ4n) is 9.84. The number of primary amides is 1. The van der Waals surface area contributed by atoms with E-state index in [4.69, 9.17) is 27.4 Å². The number of carbonyl (C=O) groups excluding carboxylic acids is 8. The Bertz CT molecular complexity index is 2800. The number of imide groups is 1. The Morgan fingerprint density at radius 2 is 1.53 bits per heavy atom. The Morgan fingerprint density at radius 3 is 2.16 bits per heavy atom. The number of carbonyl (C=O) groups is 10. The van der Waals surface area contributed by atoms with E-state index in [2.05, 4.69) is 21.3 Å². The number of Topliss-reactive ketones (excluding diaryl/α,β-unsaturated/α-hetero) is 1. The standard InChI is InChI=1S/C58H83F2N11O13S/c1-34(2)49(67-46(74)19-10-7-13-25-70-47(75)30-45(54(70)79)85-33-41(62)55(80)81)44(73)28-36(17-14-24-65-57(63)84)52(77)66-42(56(82)83)18-11-12-23-64-53(78)40(61)22-26-69(48(76)32-72)51(58(3,4)5)50-37(27-35-15-8-6-9-16-35)31-71(68-50)43-29-38(59)20-21-39(43)60/h6,8-9,15-16,20-21,29,31,34,36,40-42,45,49,51,72H,7,10-14,17-19,22-28,30,32-33,61-62H2,1-5H3,(H,64,78)(H,66,77)(H,67,74)(H,80,81)(H,82,83)(H3,63,65,84)/t36-,40+,41+,42+,45?,49+,51+/m1/s1. The molecule has 85 heavy (non-hydrogen) atoms. The van der Waals surface area contributed by atoms with Gasteiger partial charge < -0.3 is 58.7 Å². The minimum absolute atomic E-state index is 0.00651. The van der Waals surface area contributed by atoms with Gasteiger partial charge in [-0.05, 0) is 80.4 Å². The van der Waals surface area contributed by atoms with E-state index < -0.39 is 124 Å². The number of benzene rings is 2. The number of likely N-dealkylation sites (tertiary alicyclic amines) is 1. The summed E-state index contributed by atoms with van der Waals surface area (Å²) in [6.45, 7) is 8.16. The first-order valence-corrected chi connectivity index (χ1v) is 29.5. The lowest BCUT2D eigenvalue weighted by molar-refractivity contribution is -0.143. The summed E-state index contributed by atoms with van der Waals surface area (Å²) < 4.78 is 30.8. The number of aliphatic hydroxyl groups excluding tert-OH is 1. The van der Waals surface area contributed by atoms with Crippen LogP contribution in [0.25, 0.3) is 5.69 Å². The zero-order valence-corrected chi connectivity index (χ0v) is 49.7. The van der Waals surface area contributed by atoms with Gasteiger partial charge in [0.1, 0.15) is 36.0 Å². The molecule has 1 aliphatic heterocycles. The highest BCUT2D eigenvalue weighted by Crippen LogP contribution is 2.40. The van der Waals surface area contributed by atoms with Crippen LogP contribution in [0, 0.1) is 28.9 Å². The first-order valence-electron chi connectivity index (χ1n) is 28.5. The van der Waals surface area contributed by atoms with Crippen LogP contribution in [0.15, 0.2) is 54.7 Å². The Kier molecular flexibility index (Phi) is 28.0. The quantitative estimate of drug-likeness (QED) is 0.0293. The molecule has 13 N–H and O–H groups in total. The Hall–Kier alpha value is -7.36. The fourth-order valence-corrected chi connectivity index (χ4v) is 11.0. The predicted molar refractivity (Wildman–Crippen MR) is 311 cm³/mol. The topological polar surface area (TPSA) is 382 Å². The van der Waals surface area contributed by atoms with Crippen LogP contribution in [0.3, 0.4) is 0 Å². The number of amides is 8. The lowest BCUT2D eigenvalue weighted by Gasteiger charge is -2.40. The molecule has 0 bridgehead atoms. The van der Waals surface area contributed by atoms with Crippen molar-refractivity contribution in [2.45, 2.75) is 154 Å². The van der Waals surface area contributed by atoms with Gasteiger partial charge in [-0.1, -0.05) is 71.4 Å². The van der Waals surface area contributed by atoms with Crippen LogP contribution in [-0.2, 0) is 49.6 Å². The summed E-state index contributed by atoms with van der Waals surface area (Å²) in [7, 11) is 0. The van der Waals surface area contributed by atoms with E-state index in [0.717, 1.165) is 40.4 Å². The number of unbranched alkanes of at least 4 members (excludes halogenated alkanes) is 3. The van der Waals surface area contributed by atoms with E-state index in [0.29, 0.717) is 36.9 Å². The van der Waals surface area contributed by atoms with Crippen molar-refractivity contribution in [3.63, 3.8) is 0 Å². The van der Waals surface area contributed by atoms with Crippen molar-refractivity contribution in [3.8, 4) is 5.69 Å². The molecule has 0 spiro atoms. The van der Waals surface area contributed by atoms with Crippen LogP contribution in [0.2, 0.25) is 0 Å². The Morgan fingerprint density at radius 1 is 0.835 bits per heavy atom. The van der Waals surface area contributed by atoms with Crippen LogP contribution in [0.4, 0.5) is 13.6 Å². The number of hydrogen-bond donors (Lipinski definition) is 10. The van der Waals surface area contributed by atoms with Crippen LogP contribution in [0.5, 0.6) is 0 Å². The van der Waals surface area contributed by atoms with Gasteiger partial charge in [-0.3, -0.25) is 43.3 Å². The molecule has 2 aromatic carbocycles. The summed E-state index contributed by atoms with van der Waals surface area (Å²) in [5, 5.41) is 43.8. The van der Waals surface area contributed by atoms with E-state index in [-0.39, 0.29) is 101 Å². The van der Waals surface area contributed by atoms with E-state index in [9.17, 15) is 62.5 Å². The predicted octanol–water partition coefficient (Wildman–Crippen LogP) is 3.22. The SMILES string of the molecule is CC(C)[C@H](NC(=O)CCCCCN1C(=O)CC(SC[C@H](N)C(=O)O)C1=O)C(=O)C[C@@H](CCCNC(N)=O)C(=O)N[C@@H](CCCCNC(=O)[C@@H](N)CCN(C(=O)CO)[C@@H](c1nn(-c2cc(F)ccc2F)cc1Cc1ccccc1)C(C)(C)C)C(=O)O. The van der Waals surface area contributed by atoms with Gasteiger partial charge in [-0.15, -0.1) is 11.8 Å². The molecule has 1 unspecified atom stereocenters. The summed E-state index contributed by atoms with van der Waals surface area (Å²) in [5.41, 5.74) is 18.0. The molecule has 1 aliphatic rings. The van der Waals surface area contributed by atoms with E-state index in [1.807, 2.05) is 51.1 Å². The van der Waals surface area contributed by atoms with Gasteiger partial charge in [-0.2, -0.15) is 5.10 Å². The first-order chi connectivity index (χ1) is 40.1. The number of thioether (sulfide) groups is 1. The van der Waals surface area contributed by atoms with Crippen LogP contribution >= 0.6 is 11.8 Å². The van der Waals surface area contributed by atoms with Gasteiger partial charge >= 0.3 is 18.0 Å². The van der Waals surface area contributed by atoms with Gasteiger partial charge in [0, 0.05) is 81.4 Å². The molecule has 7 atom stereocenters. The van der Waals surface area contributed by atoms with Crippen molar-refractivity contribution < 1.29 is 72.0 Å². The molecule has 8 amide bonds. The number of hydrogen-bond acceptors (Lipinski definition) is 15. The van der Waals surface area contributed by atoms with E-state index in [1.165, 1.54) is 9.58 Å². The molecule has 0 aliphatic carbocycles. The smallest absolute Gasteiger partial charge is 0.326 e. The molecule has 2 heterocycles. The number of rotatable bonds is 37. The molecule has 1 saturated heterocycles. The molecular formula is C58H83F2N11O13S. The van der Waals surface area contributed by atoms with Crippen molar-refractivity contribution in [2.24, 2.45) is 34.5 Å². The molecule has 0 radical (unpaired) electrons. The Labute approximate surface area is 497 Å². The second-order valence-corrected chi connectivity index (χ2v) is 23.8. The number of urea groups is 1. The molecule has 468 valence electrons. The summed E-state index contributed by atoms with van der Waals surface area (Å²) in [6, 6.07) is 5.84. The number of carboxylic acids is 2. The second kappa shape index (κ2) is 34.0. The maximum Gasteiger partial charge on any atom is 0.326 e. The monoisotopic (exact) mass is 1210 g/mol. The first kappa shape index (κ1) is 70.1. The number of aromatic nitrogens is 2. The molecule has 1 fully saturated rings. The maximum atomic E-state index is 15.2. The van der Waals surface area contributed by atoms with Crippen molar-refractivity contribution in [2.75, 3.05) is 38.5 Å². The summed E-state index contributed by atoms with van der Waals surface area (Å²) in [4.78, 5) is 130. The molecule has 0 saturated carbocycles. The van der Waals surface area contributed by atoms with Crippen molar-refractivity contribution in [1.82, 2.24) is 40.8 Å². The van der Waals surface area contributed by atoms with E-state index >= 15 is 4.39 Å². The number of nitrogens with zero attached hydrogens (tertiary/aromatic N) is 4. The second-order valence-electron chi connectivity index (χ2n) is 22.6. The van der Waals surface area contributed by atoms with Gasteiger partial charge in [-0.25, -0.2) is 23.1 Å². The third-order valence-corrected chi connectivity index (χ3v) is 15.7. The van der Waals surface area contributed by atoms with Crippen LogP contribution < -0.4 is 38.5 Å². The summed E-state index contributed by atoms with van der Waals surface area (Å²) in [6.07, 6.45) is 3.15. The van der Waals surface area contributed by atoms with Gasteiger partial charge in [0.2, 0.25) is 35.4 Å². The number of aliphatic carboxylic acids is 2. The van der Waals surface area contributed by atoms with Crippen LogP contribution in [0.1, 0.15) is 135 Å². The highest BCUT2D eigenvalue weighted by Gasteiger charge is 2.40. The third-order valence-electron chi connectivity index (χ3n) is 14.4. The zero-order valence-electron chi connectivity index (χ0n) is 48.9. The molecule has 1 aromatic heterocycles. The number of ketones is 1. The average molecular weight is 1210 g/mol. The third kappa shape index (κ3) is 22.2. The number of carboxylic acid groups (broad SMARTS) is 2. The van der Waals surface area contributed by atoms with Gasteiger partial charge in [0.25, 0.3) is 0 Å².